The normalized spacial score (nSPS) is 10.3. The summed E-state index contributed by atoms with van der Waals surface area (Å²) in [7, 11) is 1.32. The highest BCUT2D eigenvalue weighted by atomic mass is 16.5. The van der Waals surface area contributed by atoms with Crippen molar-refractivity contribution in [2.24, 2.45) is 0 Å². The Labute approximate surface area is 87.5 Å². The molecule has 0 spiro atoms. The first-order valence-corrected chi connectivity index (χ1v) is 4.64. The molecule has 0 aliphatic rings. The first-order chi connectivity index (χ1) is 7.18. The third-order valence-corrected chi connectivity index (χ3v) is 2.29. The number of carbonyl (C=O) groups is 1. The number of hydrogen-bond donors (Lipinski definition) is 1. The molecule has 3 heteroatoms. The van der Waals surface area contributed by atoms with Crippen LogP contribution in [0.3, 0.4) is 0 Å². The van der Waals surface area contributed by atoms with Gasteiger partial charge in [0.05, 0.1) is 0 Å². The minimum atomic E-state index is -0.402. The Balaban J connectivity index is 2.52. The lowest BCUT2D eigenvalue weighted by Crippen LogP contribution is -2.22. The van der Waals surface area contributed by atoms with E-state index in [4.69, 9.17) is 5.21 Å². The van der Waals surface area contributed by atoms with Gasteiger partial charge in [-0.25, -0.2) is 5.06 Å². The zero-order valence-corrected chi connectivity index (χ0v) is 8.34. The maximum Gasteiger partial charge on any atom is 0.276 e. The van der Waals surface area contributed by atoms with E-state index in [0.29, 0.717) is 10.6 Å². The fourth-order valence-corrected chi connectivity index (χ4v) is 1.51. The van der Waals surface area contributed by atoms with Crippen LogP contribution >= 0.6 is 0 Å². The molecular weight excluding hydrogens is 190 g/mol. The van der Waals surface area contributed by atoms with Gasteiger partial charge >= 0.3 is 0 Å². The summed E-state index contributed by atoms with van der Waals surface area (Å²) >= 11 is 0. The van der Waals surface area contributed by atoms with E-state index in [1.54, 1.807) is 12.1 Å². The van der Waals surface area contributed by atoms with Crippen LogP contribution < -0.4 is 0 Å². The quantitative estimate of drug-likeness (QED) is 0.568. The van der Waals surface area contributed by atoms with Crippen LogP contribution in [0.2, 0.25) is 0 Å². The molecule has 15 heavy (non-hydrogen) atoms. The van der Waals surface area contributed by atoms with Gasteiger partial charge in [0.25, 0.3) is 5.91 Å². The third-order valence-electron chi connectivity index (χ3n) is 2.29. The van der Waals surface area contributed by atoms with Crippen molar-refractivity contribution in [1.29, 1.82) is 0 Å². The molecule has 0 saturated heterocycles. The molecule has 2 aromatic rings. The van der Waals surface area contributed by atoms with E-state index in [2.05, 4.69) is 0 Å². The Hall–Kier alpha value is -1.87. The van der Waals surface area contributed by atoms with Crippen molar-refractivity contribution in [3.05, 3.63) is 48.0 Å². The largest absolute Gasteiger partial charge is 0.286 e. The van der Waals surface area contributed by atoms with Crippen molar-refractivity contribution in [3.8, 4) is 0 Å². The summed E-state index contributed by atoms with van der Waals surface area (Å²) in [5.74, 6) is -0.402. The van der Waals surface area contributed by atoms with E-state index >= 15 is 0 Å². The van der Waals surface area contributed by atoms with Gasteiger partial charge in [0.15, 0.2) is 0 Å². The molecule has 0 aromatic heterocycles. The van der Waals surface area contributed by atoms with E-state index in [-0.39, 0.29) is 0 Å². The molecule has 0 atom stereocenters. The van der Waals surface area contributed by atoms with E-state index < -0.39 is 5.91 Å². The van der Waals surface area contributed by atoms with Crippen LogP contribution in [-0.4, -0.2) is 23.2 Å². The number of rotatable bonds is 1. The van der Waals surface area contributed by atoms with Gasteiger partial charge in [-0.2, -0.15) is 0 Å². The Morgan fingerprint density at radius 1 is 1.13 bits per heavy atom. The molecule has 0 radical (unpaired) electrons. The predicted octanol–water partition coefficient (Wildman–Crippen LogP) is 2.30. The van der Waals surface area contributed by atoms with Crippen molar-refractivity contribution < 1.29 is 10.0 Å². The molecule has 0 bridgehead atoms. The van der Waals surface area contributed by atoms with Gasteiger partial charge < -0.3 is 0 Å². The van der Waals surface area contributed by atoms with Crippen molar-refractivity contribution in [2.75, 3.05) is 7.05 Å². The highest BCUT2D eigenvalue weighted by Gasteiger charge is 2.09. The molecule has 2 aromatic carbocycles. The summed E-state index contributed by atoms with van der Waals surface area (Å²) in [6.07, 6.45) is 0. The number of nitrogens with zero attached hydrogens (tertiary/aromatic N) is 1. The van der Waals surface area contributed by atoms with Gasteiger partial charge in [0, 0.05) is 12.6 Å². The van der Waals surface area contributed by atoms with Crippen LogP contribution in [0, 0.1) is 0 Å². The number of hydrogen-bond acceptors (Lipinski definition) is 2. The molecular formula is C12H11NO2. The van der Waals surface area contributed by atoms with E-state index in [1.807, 2.05) is 30.3 Å². The van der Waals surface area contributed by atoms with Crippen LogP contribution in [0.4, 0.5) is 0 Å². The number of amides is 1. The number of hydroxylamine groups is 2. The standard InChI is InChI=1S/C12H11NO2/c1-13(15)12(14)11-7-6-9-4-2-3-5-10(9)8-11/h2-8,15H,1H3. The van der Waals surface area contributed by atoms with Gasteiger partial charge in [-0.1, -0.05) is 30.3 Å². The number of carbonyl (C=O) groups excluding carboxylic acids is 1. The first kappa shape index (κ1) is 9.68. The number of benzene rings is 2. The van der Waals surface area contributed by atoms with Gasteiger partial charge in [-0.3, -0.25) is 10.0 Å². The number of fused-ring (bicyclic) bond motifs is 1. The maximum absolute atomic E-state index is 11.5. The molecule has 0 aliphatic heterocycles. The van der Waals surface area contributed by atoms with Crippen LogP contribution in [0.25, 0.3) is 10.8 Å². The van der Waals surface area contributed by atoms with E-state index in [1.165, 1.54) is 7.05 Å². The molecule has 2 rings (SSSR count). The average Bonchev–Trinajstić information content (AvgIpc) is 2.27. The van der Waals surface area contributed by atoms with Gasteiger partial charge in [-0.15, -0.1) is 0 Å². The lowest BCUT2D eigenvalue weighted by atomic mass is 10.1. The highest BCUT2D eigenvalue weighted by molar-refractivity contribution is 5.97. The molecule has 1 N–H and O–H groups in total. The lowest BCUT2D eigenvalue weighted by molar-refractivity contribution is -0.0374. The summed E-state index contributed by atoms with van der Waals surface area (Å²) in [5.41, 5.74) is 0.485. The second-order valence-electron chi connectivity index (χ2n) is 3.39. The summed E-state index contributed by atoms with van der Waals surface area (Å²) in [6, 6.07) is 13.1. The molecule has 0 saturated carbocycles. The van der Waals surface area contributed by atoms with Gasteiger partial charge in [0.2, 0.25) is 0 Å². The minimum Gasteiger partial charge on any atom is -0.286 e. The molecule has 0 unspecified atom stereocenters. The smallest absolute Gasteiger partial charge is 0.276 e. The molecule has 1 amide bonds. The van der Waals surface area contributed by atoms with Crippen LogP contribution in [0.15, 0.2) is 42.5 Å². The second-order valence-corrected chi connectivity index (χ2v) is 3.39. The topological polar surface area (TPSA) is 40.5 Å². The fourth-order valence-electron chi connectivity index (χ4n) is 1.51. The molecule has 0 fully saturated rings. The van der Waals surface area contributed by atoms with Crippen LogP contribution in [0.1, 0.15) is 10.4 Å². The summed E-state index contributed by atoms with van der Waals surface area (Å²) in [6.45, 7) is 0. The van der Waals surface area contributed by atoms with Gasteiger partial charge in [-0.05, 0) is 22.9 Å². The SMILES string of the molecule is CN(O)C(=O)c1ccc2ccccc2c1. The van der Waals surface area contributed by atoms with Crippen molar-refractivity contribution in [1.82, 2.24) is 5.06 Å². The second kappa shape index (κ2) is 3.71. The van der Waals surface area contributed by atoms with Crippen LogP contribution in [-0.2, 0) is 0 Å². The van der Waals surface area contributed by atoms with Crippen molar-refractivity contribution in [2.45, 2.75) is 0 Å². The molecule has 0 heterocycles. The Morgan fingerprint density at radius 2 is 1.80 bits per heavy atom. The Morgan fingerprint density at radius 3 is 2.47 bits per heavy atom. The highest BCUT2D eigenvalue weighted by Crippen LogP contribution is 2.16. The molecule has 3 nitrogen and oxygen atoms in total. The van der Waals surface area contributed by atoms with E-state index in [9.17, 15) is 4.79 Å². The fraction of sp³-hybridized carbons (Fsp3) is 0.0833. The lowest BCUT2D eigenvalue weighted by Gasteiger charge is -2.08. The van der Waals surface area contributed by atoms with Gasteiger partial charge in [0.1, 0.15) is 0 Å². The average molecular weight is 201 g/mol. The summed E-state index contributed by atoms with van der Waals surface area (Å²) < 4.78 is 0. The third kappa shape index (κ3) is 1.82. The monoisotopic (exact) mass is 201 g/mol. The summed E-state index contributed by atoms with van der Waals surface area (Å²) in [4.78, 5) is 11.5. The first-order valence-electron chi connectivity index (χ1n) is 4.64. The zero-order valence-electron chi connectivity index (χ0n) is 8.34. The Bertz CT molecular complexity index is 506. The minimum absolute atomic E-state index is 0.402. The van der Waals surface area contributed by atoms with E-state index in [0.717, 1.165) is 10.8 Å². The summed E-state index contributed by atoms with van der Waals surface area (Å²) in [5, 5.41) is 11.7. The molecule has 76 valence electrons. The molecule has 0 aliphatic carbocycles. The van der Waals surface area contributed by atoms with Crippen LogP contribution in [0.5, 0.6) is 0 Å². The Kier molecular flexibility index (Phi) is 2.39. The van der Waals surface area contributed by atoms with Crippen molar-refractivity contribution >= 4 is 16.7 Å². The maximum atomic E-state index is 11.5. The zero-order chi connectivity index (χ0) is 10.8. The predicted molar refractivity (Wildman–Crippen MR) is 57.8 cm³/mol. The van der Waals surface area contributed by atoms with Crippen molar-refractivity contribution in [3.63, 3.8) is 0 Å².